The van der Waals surface area contributed by atoms with Gasteiger partial charge in [0.15, 0.2) is 6.61 Å². The molecule has 0 aliphatic rings. The van der Waals surface area contributed by atoms with E-state index in [1.807, 2.05) is 12.1 Å². The predicted molar refractivity (Wildman–Crippen MR) is 83.8 cm³/mol. The van der Waals surface area contributed by atoms with Crippen molar-refractivity contribution < 1.29 is 14.3 Å². The van der Waals surface area contributed by atoms with Gasteiger partial charge in [-0.1, -0.05) is 31.5 Å². The Bertz CT molecular complexity index is 453. The van der Waals surface area contributed by atoms with Gasteiger partial charge in [-0.2, -0.15) is 0 Å². The van der Waals surface area contributed by atoms with E-state index in [1.54, 1.807) is 13.2 Å². The first-order valence-corrected chi connectivity index (χ1v) is 7.31. The molecule has 0 radical (unpaired) electrons. The quantitative estimate of drug-likeness (QED) is 0.684. The van der Waals surface area contributed by atoms with Crippen LogP contribution in [-0.2, 0) is 16.1 Å². The Balaban J connectivity index is 2.43. The number of nitrogens with one attached hydrogen (secondary N) is 2. The summed E-state index contributed by atoms with van der Waals surface area (Å²) in [5, 5.41) is 6.49. The second-order valence-corrected chi connectivity index (χ2v) is 5.34. The molecule has 6 heteroatoms. The zero-order valence-electron chi connectivity index (χ0n) is 12.7. The average Bonchev–Trinajstić information content (AvgIpc) is 2.44. The second-order valence-electron chi connectivity index (χ2n) is 4.93. The fourth-order valence-electron chi connectivity index (χ4n) is 1.58. The van der Waals surface area contributed by atoms with E-state index < -0.39 is 0 Å². The number of carbonyl (C=O) groups excluding carboxylic acids is 1. The summed E-state index contributed by atoms with van der Waals surface area (Å²) in [6, 6.07) is 5.96. The highest BCUT2D eigenvalue weighted by molar-refractivity contribution is 6.32. The van der Waals surface area contributed by atoms with Gasteiger partial charge in [0.2, 0.25) is 0 Å². The molecular formula is C15H23ClN2O3. The number of hydrogen-bond donors (Lipinski definition) is 2. The van der Waals surface area contributed by atoms with Gasteiger partial charge in [0.1, 0.15) is 5.75 Å². The molecular weight excluding hydrogens is 292 g/mol. The fourth-order valence-corrected chi connectivity index (χ4v) is 1.84. The summed E-state index contributed by atoms with van der Waals surface area (Å²) in [7, 11) is 1.58. The molecule has 1 amide bonds. The molecule has 1 rings (SSSR count). The number of methoxy groups -OCH3 is 1. The monoisotopic (exact) mass is 314 g/mol. The molecule has 0 bridgehead atoms. The van der Waals surface area contributed by atoms with Crippen LogP contribution in [-0.4, -0.2) is 38.8 Å². The van der Waals surface area contributed by atoms with Crippen LogP contribution in [0.25, 0.3) is 0 Å². The maximum Gasteiger partial charge on any atom is 0.258 e. The van der Waals surface area contributed by atoms with E-state index in [9.17, 15) is 4.79 Å². The van der Waals surface area contributed by atoms with E-state index in [0.29, 0.717) is 30.0 Å². The van der Waals surface area contributed by atoms with Crippen LogP contribution in [0.15, 0.2) is 18.2 Å². The molecule has 0 saturated heterocycles. The van der Waals surface area contributed by atoms with Crippen LogP contribution in [0.4, 0.5) is 0 Å². The molecule has 0 aromatic heterocycles. The van der Waals surface area contributed by atoms with Crippen LogP contribution in [0.2, 0.25) is 5.02 Å². The molecule has 1 aromatic rings. The lowest BCUT2D eigenvalue weighted by Crippen LogP contribution is -2.31. The Morgan fingerprint density at radius 1 is 1.38 bits per heavy atom. The summed E-state index contributed by atoms with van der Waals surface area (Å²) in [4.78, 5) is 11.5. The second kappa shape index (κ2) is 9.60. The number of carbonyl (C=O) groups is 1. The van der Waals surface area contributed by atoms with Crippen LogP contribution in [0.1, 0.15) is 19.4 Å². The molecule has 118 valence electrons. The fraction of sp³-hybridized carbons (Fsp3) is 0.533. The number of halogens is 1. The Morgan fingerprint density at radius 2 is 2.14 bits per heavy atom. The molecule has 0 heterocycles. The van der Waals surface area contributed by atoms with Gasteiger partial charge in [-0.25, -0.2) is 0 Å². The molecule has 5 nitrogen and oxygen atoms in total. The number of rotatable bonds is 9. The summed E-state index contributed by atoms with van der Waals surface area (Å²) < 4.78 is 10.2. The Morgan fingerprint density at radius 3 is 2.76 bits per heavy atom. The summed E-state index contributed by atoms with van der Waals surface area (Å²) >= 11 is 6.15. The first kappa shape index (κ1) is 17.8. The van der Waals surface area contributed by atoms with Crippen molar-refractivity contribution in [2.45, 2.75) is 26.4 Å². The van der Waals surface area contributed by atoms with Gasteiger partial charge < -0.3 is 20.1 Å². The zero-order chi connectivity index (χ0) is 15.7. The van der Waals surface area contributed by atoms with Crippen molar-refractivity contribution in [1.29, 1.82) is 0 Å². The van der Waals surface area contributed by atoms with Crippen LogP contribution in [0.3, 0.4) is 0 Å². The molecule has 0 saturated carbocycles. The lowest BCUT2D eigenvalue weighted by atomic mass is 10.2. The molecule has 1 aromatic carbocycles. The van der Waals surface area contributed by atoms with E-state index in [1.165, 1.54) is 0 Å². The maximum absolute atomic E-state index is 11.5. The lowest BCUT2D eigenvalue weighted by molar-refractivity contribution is -0.123. The SMILES string of the molecule is COCCNC(=O)COc1ccc(CNC(C)C)cc1Cl. The number of ether oxygens (including phenoxy) is 2. The third kappa shape index (κ3) is 7.32. The van der Waals surface area contributed by atoms with Crippen LogP contribution < -0.4 is 15.4 Å². The maximum atomic E-state index is 11.5. The zero-order valence-corrected chi connectivity index (χ0v) is 13.5. The molecule has 0 fully saturated rings. The minimum Gasteiger partial charge on any atom is -0.482 e. The van der Waals surface area contributed by atoms with Crippen molar-refractivity contribution in [3.63, 3.8) is 0 Å². The van der Waals surface area contributed by atoms with E-state index in [4.69, 9.17) is 21.1 Å². The van der Waals surface area contributed by atoms with E-state index in [2.05, 4.69) is 24.5 Å². The summed E-state index contributed by atoms with van der Waals surface area (Å²) in [5.41, 5.74) is 1.07. The van der Waals surface area contributed by atoms with Crippen molar-refractivity contribution in [3.8, 4) is 5.75 Å². The first-order chi connectivity index (χ1) is 10.0. The molecule has 2 N–H and O–H groups in total. The molecule has 21 heavy (non-hydrogen) atoms. The van der Waals surface area contributed by atoms with Gasteiger partial charge in [-0.15, -0.1) is 0 Å². The van der Waals surface area contributed by atoms with E-state index in [0.717, 1.165) is 12.1 Å². The summed E-state index contributed by atoms with van der Waals surface area (Å²) in [6.45, 7) is 5.79. The van der Waals surface area contributed by atoms with Gasteiger partial charge in [0.05, 0.1) is 11.6 Å². The highest BCUT2D eigenvalue weighted by Gasteiger charge is 2.07. The normalized spacial score (nSPS) is 10.7. The number of amides is 1. The van der Waals surface area contributed by atoms with E-state index in [-0.39, 0.29) is 12.5 Å². The van der Waals surface area contributed by atoms with Crippen molar-refractivity contribution in [2.24, 2.45) is 0 Å². The van der Waals surface area contributed by atoms with Crippen LogP contribution in [0, 0.1) is 0 Å². The van der Waals surface area contributed by atoms with Crippen molar-refractivity contribution in [1.82, 2.24) is 10.6 Å². The first-order valence-electron chi connectivity index (χ1n) is 6.93. The third-order valence-electron chi connectivity index (χ3n) is 2.70. The highest BCUT2D eigenvalue weighted by atomic mass is 35.5. The number of benzene rings is 1. The largest absolute Gasteiger partial charge is 0.482 e. The average molecular weight is 315 g/mol. The minimum absolute atomic E-state index is 0.0625. The topological polar surface area (TPSA) is 59.6 Å². The van der Waals surface area contributed by atoms with Gasteiger partial charge in [-0.3, -0.25) is 4.79 Å². The summed E-state index contributed by atoms with van der Waals surface area (Å²) in [6.07, 6.45) is 0. The van der Waals surface area contributed by atoms with Crippen molar-refractivity contribution in [3.05, 3.63) is 28.8 Å². The van der Waals surface area contributed by atoms with Crippen molar-refractivity contribution in [2.75, 3.05) is 26.9 Å². The Kier molecular flexibility index (Phi) is 8.12. The van der Waals surface area contributed by atoms with E-state index >= 15 is 0 Å². The van der Waals surface area contributed by atoms with Gasteiger partial charge in [0.25, 0.3) is 5.91 Å². The molecule has 0 unspecified atom stereocenters. The van der Waals surface area contributed by atoms with Crippen LogP contribution in [0.5, 0.6) is 5.75 Å². The van der Waals surface area contributed by atoms with Gasteiger partial charge >= 0.3 is 0 Å². The standard InChI is InChI=1S/C15H23ClN2O3/c1-11(2)18-9-12-4-5-14(13(16)8-12)21-10-15(19)17-6-7-20-3/h4-5,8,11,18H,6-7,9-10H2,1-3H3,(H,17,19). The predicted octanol–water partition coefficient (Wildman–Crippen LogP) is 1.98. The molecule has 0 aliphatic carbocycles. The minimum atomic E-state index is -0.200. The molecule has 0 spiro atoms. The smallest absolute Gasteiger partial charge is 0.258 e. The lowest BCUT2D eigenvalue weighted by Gasteiger charge is -2.11. The molecule has 0 atom stereocenters. The van der Waals surface area contributed by atoms with Crippen LogP contribution >= 0.6 is 11.6 Å². The Hall–Kier alpha value is -1.30. The molecule has 0 aliphatic heterocycles. The van der Waals surface area contributed by atoms with Crippen molar-refractivity contribution >= 4 is 17.5 Å². The van der Waals surface area contributed by atoms with Gasteiger partial charge in [0, 0.05) is 26.2 Å². The number of hydrogen-bond acceptors (Lipinski definition) is 4. The van der Waals surface area contributed by atoms with Gasteiger partial charge in [-0.05, 0) is 17.7 Å². The summed E-state index contributed by atoms with van der Waals surface area (Å²) in [5.74, 6) is 0.306. The highest BCUT2D eigenvalue weighted by Crippen LogP contribution is 2.25. The Labute approximate surface area is 131 Å². The third-order valence-corrected chi connectivity index (χ3v) is 2.99.